The Labute approximate surface area is 123 Å². The van der Waals surface area contributed by atoms with Crippen molar-refractivity contribution in [1.82, 2.24) is 5.32 Å². The summed E-state index contributed by atoms with van der Waals surface area (Å²) in [5, 5.41) is 11.6. The third-order valence-electron chi connectivity index (χ3n) is 2.48. The molecule has 0 fully saturated rings. The van der Waals surface area contributed by atoms with Crippen LogP contribution in [0.5, 0.6) is 0 Å². The van der Waals surface area contributed by atoms with E-state index in [0.717, 1.165) is 11.5 Å². The molecule has 0 bridgehead atoms. The summed E-state index contributed by atoms with van der Waals surface area (Å²) in [7, 11) is 0. The first-order chi connectivity index (χ1) is 9.58. The van der Waals surface area contributed by atoms with Gasteiger partial charge in [-0.2, -0.15) is 11.8 Å². The van der Waals surface area contributed by atoms with E-state index in [-0.39, 0.29) is 24.1 Å². The Bertz CT molecular complexity index is 522. The molecule has 2 N–H and O–H groups in total. The monoisotopic (exact) mass is 295 g/mol. The highest BCUT2D eigenvalue weighted by molar-refractivity contribution is 7.99. The standard InChI is InChI=1S/C15H18FNO2S/c1-3-20-10-11(2)17-15(19)14-7-6-13(16)9-12(14)5-4-8-18/h6-7,9,11,18H,3,8,10H2,1-2H3,(H,17,19). The zero-order chi connectivity index (χ0) is 15.0. The molecule has 108 valence electrons. The van der Waals surface area contributed by atoms with Gasteiger partial charge in [0.2, 0.25) is 0 Å². The molecule has 0 radical (unpaired) electrons. The van der Waals surface area contributed by atoms with Crippen molar-refractivity contribution in [2.45, 2.75) is 19.9 Å². The third-order valence-corrected chi connectivity index (χ3v) is 3.62. The van der Waals surface area contributed by atoms with E-state index in [4.69, 9.17) is 5.11 Å². The van der Waals surface area contributed by atoms with Crippen LogP contribution in [0.25, 0.3) is 0 Å². The molecule has 0 saturated carbocycles. The highest BCUT2D eigenvalue weighted by atomic mass is 32.2. The summed E-state index contributed by atoms with van der Waals surface area (Å²) in [4.78, 5) is 12.1. The summed E-state index contributed by atoms with van der Waals surface area (Å²) in [6.07, 6.45) is 0. The molecular formula is C15H18FNO2S. The lowest BCUT2D eigenvalue weighted by molar-refractivity contribution is 0.0943. The number of halogens is 1. The molecule has 1 atom stereocenters. The largest absolute Gasteiger partial charge is 0.384 e. The van der Waals surface area contributed by atoms with Crippen LogP contribution in [0.15, 0.2) is 18.2 Å². The van der Waals surface area contributed by atoms with Gasteiger partial charge >= 0.3 is 0 Å². The van der Waals surface area contributed by atoms with Crippen molar-refractivity contribution >= 4 is 17.7 Å². The van der Waals surface area contributed by atoms with Crippen molar-refractivity contribution in [1.29, 1.82) is 0 Å². The lowest BCUT2D eigenvalue weighted by Gasteiger charge is -2.14. The normalized spacial score (nSPS) is 11.4. The van der Waals surface area contributed by atoms with Gasteiger partial charge in [0.25, 0.3) is 5.91 Å². The van der Waals surface area contributed by atoms with Gasteiger partial charge in [0.05, 0.1) is 5.56 Å². The van der Waals surface area contributed by atoms with Crippen LogP contribution < -0.4 is 5.32 Å². The molecule has 0 aliphatic rings. The van der Waals surface area contributed by atoms with Gasteiger partial charge in [0, 0.05) is 17.4 Å². The Morgan fingerprint density at radius 3 is 2.95 bits per heavy atom. The van der Waals surface area contributed by atoms with Crippen LogP contribution in [0.1, 0.15) is 29.8 Å². The maximum Gasteiger partial charge on any atom is 0.252 e. The summed E-state index contributed by atoms with van der Waals surface area (Å²) in [5.74, 6) is 6.09. The highest BCUT2D eigenvalue weighted by Crippen LogP contribution is 2.11. The number of nitrogens with one attached hydrogen (secondary N) is 1. The van der Waals surface area contributed by atoms with Gasteiger partial charge in [-0.15, -0.1) is 0 Å². The van der Waals surface area contributed by atoms with Crippen LogP contribution in [0, 0.1) is 17.7 Å². The summed E-state index contributed by atoms with van der Waals surface area (Å²) >= 11 is 1.74. The van der Waals surface area contributed by atoms with E-state index >= 15 is 0 Å². The molecular weight excluding hydrogens is 277 g/mol. The number of carbonyl (C=O) groups excluding carboxylic acids is 1. The van der Waals surface area contributed by atoms with Crippen molar-refractivity contribution in [3.8, 4) is 11.8 Å². The second-order valence-corrected chi connectivity index (χ2v) is 5.50. The van der Waals surface area contributed by atoms with Gasteiger partial charge in [-0.05, 0) is 30.9 Å². The minimum atomic E-state index is -0.460. The van der Waals surface area contributed by atoms with Gasteiger partial charge in [-0.1, -0.05) is 18.8 Å². The van der Waals surface area contributed by atoms with Crippen molar-refractivity contribution in [3.63, 3.8) is 0 Å². The minimum Gasteiger partial charge on any atom is -0.384 e. The van der Waals surface area contributed by atoms with Gasteiger partial charge < -0.3 is 10.4 Å². The molecule has 1 aromatic carbocycles. The third kappa shape index (κ3) is 5.24. The van der Waals surface area contributed by atoms with E-state index in [1.807, 2.05) is 6.92 Å². The van der Waals surface area contributed by atoms with Crippen LogP contribution in [-0.4, -0.2) is 35.2 Å². The van der Waals surface area contributed by atoms with Gasteiger partial charge in [-0.25, -0.2) is 4.39 Å². The van der Waals surface area contributed by atoms with Crippen molar-refractivity contribution in [3.05, 3.63) is 35.1 Å². The van der Waals surface area contributed by atoms with E-state index < -0.39 is 5.82 Å². The second kappa shape index (κ2) is 8.62. The molecule has 1 amide bonds. The van der Waals surface area contributed by atoms with Crippen molar-refractivity contribution < 1.29 is 14.3 Å². The Kier molecular flexibility index (Phi) is 7.13. The molecule has 3 nitrogen and oxygen atoms in total. The fourth-order valence-electron chi connectivity index (χ4n) is 1.59. The predicted molar refractivity (Wildman–Crippen MR) is 80.3 cm³/mol. The molecule has 0 aliphatic carbocycles. The van der Waals surface area contributed by atoms with Crippen LogP contribution in [0.4, 0.5) is 4.39 Å². The van der Waals surface area contributed by atoms with E-state index in [9.17, 15) is 9.18 Å². The van der Waals surface area contributed by atoms with Gasteiger partial charge in [-0.3, -0.25) is 4.79 Å². The fourth-order valence-corrected chi connectivity index (χ4v) is 2.26. The van der Waals surface area contributed by atoms with E-state index in [1.54, 1.807) is 11.8 Å². The number of hydrogen-bond acceptors (Lipinski definition) is 3. The Morgan fingerprint density at radius 1 is 1.55 bits per heavy atom. The van der Waals surface area contributed by atoms with E-state index in [1.165, 1.54) is 18.2 Å². The number of thioether (sulfide) groups is 1. The molecule has 1 aromatic rings. The first kappa shape index (κ1) is 16.5. The van der Waals surface area contributed by atoms with Gasteiger partial charge in [0.1, 0.15) is 12.4 Å². The first-order valence-corrected chi connectivity index (χ1v) is 7.51. The van der Waals surface area contributed by atoms with E-state index in [2.05, 4.69) is 24.1 Å². The average Bonchev–Trinajstić information content (AvgIpc) is 2.42. The number of rotatable bonds is 5. The number of benzene rings is 1. The summed E-state index contributed by atoms with van der Waals surface area (Å²) < 4.78 is 13.2. The summed E-state index contributed by atoms with van der Waals surface area (Å²) in [6.45, 7) is 3.64. The molecule has 0 aliphatic heterocycles. The van der Waals surface area contributed by atoms with Crippen LogP contribution >= 0.6 is 11.8 Å². The lowest BCUT2D eigenvalue weighted by atomic mass is 10.1. The first-order valence-electron chi connectivity index (χ1n) is 6.36. The Hall–Kier alpha value is -1.51. The summed E-state index contributed by atoms with van der Waals surface area (Å²) in [5.41, 5.74) is 0.604. The Balaban J connectivity index is 2.86. The second-order valence-electron chi connectivity index (χ2n) is 4.18. The average molecular weight is 295 g/mol. The maximum absolute atomic E-state index is 13.2. The van der Waals surface area contributed by atoms with Crippen LogP contribution in [0.2, 0.25) is 0 Å². The molecule has 1 rings (SSSR count). The van der Waals surface area contributed by atoms with Crippen LogP contribution in [-0.2, 0) is 0 Å². The number of hydrogen-bond donors (Lipinski definition) is 2. The van der Waals surface area contributed by atoms with Crippen molar-refractivity contribution in [2.75, 3.05) is 18.1 Å². The molecule has 20 heavy (non-hydrogen) atoms. The molecule has 0 heterocycles. The van der Waals surface area contributed by atoms with Crippen LogP contribution in [0.3, 0.4) is 0 Å². The smallest absolute Gasteiger partial charge is 0.252 e. The molecule has 0 spiro atoms. The number of aliphatic hydroxyl groups excluding tert-OH is 1. The van der Waals surface area contributed by atoms with Crippen molar-refractivity contribution in [2.24, 2.45) is 0 Å². The van der Waals surface area contributed by atoms with Gasteiger partial charge in [0.15, 0.2) is 0 Å². The zero-order valence-corrected chi connectivity index (χ0v) is 12.4. The molecule has 0 aromatic heterocycles. The number of carbonyl (C=O) groups is 1. The SMILES string of the molecule is CCSCC(C)NC(=O)c1ccc(F)cc1C#CCO. The molecule has 1 unspecified atom stereocenters. The minimum absolute atomic E-state index is 0.0242. The zero-order valence-electron chi connectivity index (χ0n) is 11.6. The Morgan fingerprint density at radius 2 is 2.30 bits per heavy atom. The topological polar surface area (TPSA) is 49.3 Å². The fraction of sp³-hybridized carbons (Fsp3) is 0.400. The predicted octanol–water partition coefficient (Wildman–Crippen LogP) is 2.04. The van der Waals surface area contributed by atoms with E-state index in [0.29, 0.717) is 5.56 Å². The summed E-state index contributed by atoms with van der Waals surface area (Å²) in [6, 6.07) is 3.86. The molecule has 0 saturated heterocycles. The highest BCUT2D eigenvalue weighted by Gasteiger charge is 2.13. The molecule has 5 heteroatoms. The number of amides is 1. The quantitative estimate of drug-likeness (QED) is 0.817. The lowest BCUT2D eigenvalue weighted by Crippen LogP contribution is -2.34. The number of aliphatic hydroxyl groups is 1. The maximum atomic E-state index is 13.2.